The van der Waals surface area contributed by atoms with Gasteiger partial charge in [-0.3, -0.25) is 0 Å². The number of ether oxygens (including phenoxy) is 1. The van der Waals surface area contributed by atoms with Gasteiger partial charge in [-0.1, -0.05) is 0 Å². The first kappa shape index (κ1) is 11.3. The van der Waals surface area contributed by atoms with Crippen LogP contribution in [0.3, 0.4) is 0 Å². The monoisotopic (exact) mass is 220 g/mol. The molecule has 15 heavy (non-hydrogen) atoms. The van der Waals surface area contributed by atoms with Gasteiger partial charge in [0.1, 0.15) is 6.10 Å². The Morgan fingerprint density at radius 1 is 1.47 bits per heavy atom. The van der Waals surface area contributed by atoms with Crippen molar-refractivity contribution in [3.8, 4) is 0 Å². The predicted octanol–water partition coefficient (Wildman–Crippen LogP) is -1.95. The van der Waals surface area contributed by atoms with Crippen LogP contribution < -0.4 is 0 Å². The van der Waals surface area contributed by atoms with Gasteiger partial charge in [-0.2, -0.15) is 0 Å². The number of carboxylic acids is 1. The summed E-state index contributed by atoms with van der Waals surface area (Å²) in [5, 5.41) is 44.5. The zero-order valence-electron chi connectivity index (χ0n) is 7.25. The smallest absolute Gasteiger partial charge is 0.378 e. The number of carbonyl (C=O) groups is 2. The molecule has 8 heteroatoms. The van der Waals surface area contributed by atoms with E-state index in [1.54, 1.807) is 0 Å². The fourth-order valence-electron chi connectivity index (χ4n) is 1.16. The molecule has 0 aromatic heterocycles. The van der Waals surface area contributed by atoms with Crippen molar-refractivity contribution in [2.24, 2.45) is 0 Å². The van der Waals surface area contributed by atoms with Gasteiger partial charge in [0.05, 0.1) is 6.61 Å². The van der Waals surface area contributed by atoms with E-state index >= 15 is 0 Å². The summed E-state index contributed by atoms with van der Waals surface area (Å²) in [6, 6.07) is 0. The molecule has 0 bridgehead atoms. The fourth-order valence-corrected chi connectivity index (χ4v) is 1.16. The third-order valence-electron chi connectivity index (χ3n) is 1.98. The molecule has 1 aliphatic rings. The third kappa shape index (κ3) is 1.30. The van der Waals surface area contributed by atoms with E-state index in [0.717, 1.165) is 0 Å². The second-order valence-electron chi connectivity index (χ2n) is 2.83. The van der Waals surface area contributed by atoms with Crippen molar-refractivity contribution in [2.45, 2.75) is 11.7 Å². The number of carbonyl (C=O) groups excluding carboxylic acids is 1. The maximum atomic E-state index is 10.8. The number of aliphatic hydroxyl groups is 4. The van der Waals surface area contributed by atoms with Gasteiger partial charge in [0, 0.05) is 0 Å². The first-order valence-corrected chi connectivity index (χ1v) is 3.76. The summed E-state index contributed by atoms with van der Waals surface area (Å²) in [5.41, 5.74) is -2.84. The van der Waals surface area contributed by atoms with Crippen LogP contribution in [0.1, 0.15) is 0 Å². The van der Waals surface area contributed by atoms with Crippen LogP contribution in [-0.4, -0.2) is 55.8 Å². The molecule has 1 heterocycles. The molecule has 1 aliphatic heterocycles. The lowest BCUT2D eigenvalue weighted by molar-refractivity contribution is -0.185. The van der Waals surface area contributed by atoms with Crippen LogP contribution in [0.4, 0.5) is 0 Å². The zero-order chi connectivity index (χ0) is 11.8. The van der Waals surface area contributed by atoms with Gasteiger partial charge in [-0.15, -0.1) is 0 Å². The SMILES string of the molecule is O=C1O[C@](C(=O)O)([C@@H](O)CO)C(O)=C1O. The van der Waals surface area contributed by atoms with Crippen molar-refractivity contribution >= 4 is 11.9 Å². The largest absolute Gasteiger partial charge is 0.504 e. The van der Waals surface area contributed by atoms with Crippen molar-refractivity contribution in [1.29, 1.82) is 0 Å². The standard InChI is InChI=1S/C7H8O8/c8-1-2(9)7(6(13)14)4(11)3(10)5(12)15-7/h2,8-11H,1H2,(H,13,14)/t2-,7+/m0/s1. The van der Waals surface area contributed by atoms with Gasteiger partial charge in [0.25, 0.3) is 5.60 Å². The Balaban J connectivity index is 3.28. The molecule has 0 aliphatic carbocycles. The lowest BCUT2D eigenvalue weighted by Gasteiger charge is -2.26. The van der Waals surface area contributed by atoms with Crippen molar-refractivity contribution in [2.75, 3.05) is 6.61 Å². The normalized spacial score (nSPS) is 27.7. The minimum atomic E-state index is -2.84. The van der Waals surface area contributed by atoms with Gasteiger partial charge < -0.3 is 30.3 Å². The lowest BCUT2D eigenvalue weighted by atomic mass is 9.95. The molecule has 8 nitrogen and oxygen atoms in total. The molecule has 0 aromatic rings. The van der Waals surface area contributed by atoms with Crippen molar-refractivity contribution in [1.82, 2.24) is 0 Å². The van der Waals surface area contributed by atoms with E-state index < -0.39 is 41.8 Å². The van der Waals surface area contributed by atoms with Gasteiger partial charge in [-0.25, -0.2) is 9.59 Å². The maximum absolute atomic E-state index is 10.8. The number of esters is 1. The first-order chi connectivity index (χ1) is 6.87. The summed E-state index contributed by atoms with van der Waals surface area (Å²) in [6.07, 6.45) is -2.08. The van der Waals surface area contributed by atoms with Crippen molar-refractivity contribution in [3.63, 3.8) is 0 Å². The highest BCUT2D eigenvalue weighted by molar-refractivity contribution is 5.97. The molecule has 0 unspecified atom stereocenters. The molecule has 0 saturated heterocycles. The predicted molar refractivity (Wildman–Crippen MR) is 41.8 cm³/mol. The van der Waals surface area contributed by atoms with Crippen LogP contribution in [0, 0.1) is 0 Å². The van der Waals surface area contributed by atoms with E-state index in [9.17, 15) is 19.8 Å². The van der Waals surface area contributed by atoms with Crippen LogP contribution in [0.5, 0.6) is 0 Å². The number of rotatable bonds is 3. The molecule has 0 radical (unpaired) electrons. The van der Waals surface area contributed by atoms with Crippen LogP contribution in [0.25, 0.3) is 0 Å². The summed E-state index contributed by atoms with van der Waals surface area (Å²) >= 11 is 0. The lowest BCUT2D eigenvalue weighted by Crippen LogP contribution is -2.53. The van der Waals surface area contributed by atoms with E-state index in [1.165, 1.54) is 0 Å². The highest BCUT2D eigenvalue weighted by atomic mass is 16.6. The molecule has 0 saturated carbocycles. The van der Waals surface area contributed by atoms with E-state index in [4.69, 9.17) is 15.3 Å². The topological polar surface area (TPSA) is 145 Å². The highest BCUT2D eigenvalue weighted by Gasteiger charge is 2.60. The molecule has 0 aromatic carbocycles. The van der Waals surface area contributed by atoms with Gasteiger partial charge in [0.15, 0.2) is 0 Å². The summed E-state index contributed by atoms with van der Waals surface area (Å²) in [5.74, 6) is -6.02. The Morgan fingerprint density at radius 3 is 2.27 bits per heavy atom. The van der Waals surface area contributed by atoms with E-state index in [1.807, 2.05) is 0 Å². The van der Waals surface area contributed by atoms with Crippen LogP contribution in [0.15, 0.2) is 11.5 Å². The van der Waals surface area contributed by atoms with E-state index in [0.29, 0.717) is 0 Å². The summed E-state index contributed by atoms with van der Waals surface area (Å²) < 4.78 is 4.17. The molecule has 0 amide bonds. The number of hydrogen-bond donors (Lipinski definition) is 5. The molecule has 2 atom stereocenters. The molecular formula is C7H8O8. The van der Waals surface area contributed by atoms with E-state index in [2.05, 4.69) is 4.74 Å². The quantitative estimate of drug-likeness (QED) is 0.345. The van der Waals surface area contributed by atoms with Crippen LogP contribution in [-0.2, 0) is 14.3 Å². The minimum Gasteiger partial charge on any atom is -0.504 e. The number of hydrogen-bond acceptors (Lipinski definition) is 7. The Labute approximate surface area is 82.6 Å². The van der Waals surface area contributed by atoms with Crippen molar-refractivity contribution in [3.05, 3.63) is 11.5 Å². The van der Waals surface area contributed by atoms with Gasteiger partial charge >= 0.3 is 11.9 Å². The average Bonchev–Trinajstić information content (AvgIpc) is 2.42. The van der Waals surface area contributed by atoms with Crippen LogP contribution in [0.2, 0.25) is 0 Å². The summed E-state index contributed by atoms with van der Waals surface area (Å²) in [4.78, 5) is 21.6. The molecular weight excluding hydrogens is 212 g/mol. The Hall–Kier alpha value is -1.80. The Bertz CT molecular complexity index is 345. The number of aliphatic hydroxyl groups excluding tert-OH is 4. The van der Waals surface area contributed by atoms with E-state index in [-0.39, 0.29) is 0 Å². The summed E-state index contributed by atoms with van der Waals surface area (Å²) in [7, 11) is 0. The van der Waals surface area contributed by atoms with Gasteiger partial charge in [-0.05, 0) is 0 Å². The number of aliphatic carboxylic acids is 1. The number of cyclic esters (lactones) is 1. The second kappa shape index (κ2) is 3.41. The summed E-state index contributed by atoms with van der Waals surface area (Å²) in [6.45, 7) is -1.07. The molecule has 0 spiro atoms. The zero-order valence-corrected chi connectivity index (χ0v) is 7.25. The number of carboxylic acid groups (broad SMARTS) is 1. The Kier molecular flexibility index (Phi) is 2.56. The fraction of sp³-hybridized carbons (Fsp3) is 0.429. The molecule has 84 valence electrons. The third-order valence-corrected chi connectivity index (χ3v) is 1.98. The second-order valence-corrected chi connectivity index (χ2v) is 2.83. The van der Waals surface area contributed by atoms with Crippen molar-refractivity contribution < 1.29 is 39.9 Å². The maximum Gasteiger partial charge on any atom is 0.378 e. The minimum absolute atomic E-state index is 1.07. The average molecular weight is 220 g/mol. The molecule has 5 N–H and O–H groups in total. The van der Waals surface area contributed by atoms with Gasteiger partial charge in [0.2, 0.25) is 11.5 Å². The molecule has 0 fully saturated rings. The first-order valence-electron chi connectivity index (χ1n) is 3.76. The Morgan fingerprint density at radius 2 is 2.00 bits per heavy atom. The highest BCUT2D eigenvalue weighted by Crippen LogP contribution is 2.33. The molecule has 1 rings (SSSR count). The van der Waals surface area contributed by atoms with Crippen LogP contribution >= 0.6 is 0 Å².